The number of halogens is 2. The van der Waals surface area contributed by atoms with E-state index in [1.807, 2.05) is 0 Å². The molecule has 202 valence electrons. The zero-order chi connectivity index (χ0) is 27.2. The van der Waals surface area contributed by atoms with Crippen molar-refractivity contribution in [3.8, 4) is 5.88 Å². The lowest BCUT2D eigenvalue weighted by Crippen LogP contribution is -2.26. The smallest absolute Gasteiger partial charge is 0.274 e. The normalized spacial score (nSPS) is 24.3. The van der Waals surface area contributed by atoms with Crippen LogP contribution in [0.3, 0.4) is 0 Å². The van der Waals surface area contributed by atoms with Gasteiger partial charge in [0.05, 0.1) is 22.7 Å². The second-order valence-corrected chi connectivity index (χ2v) is 10.7. The molecule has 2 amide bonds. The highest BCUT2D eigenvalue weighted by molar-refractivity contribution is 6.31. The Bertz CT molecular complexity index is 1370. The highest BCUT2D eigenvalue weighted by atomic mass is 35.5. The summed E-state index contributed by atoms with van der Waals surface area (Å²) in [5, 5.41) is 21.1. The Morgan fingerprint density at radius 1 is 1.24 bits per heavy atom. The molecule has 2 aliphatic carbocycles. The number of rotatable bonds is 7. The molecule has 2 atom stereocenters. The number of benzene rings is 1. The van der Waals surface area contributed by atoms with E-state index in [1.54, 1.807) is 35.7 Å². The summed E-state index contributed by atoms with van der Waals surface area (Å²) in [6.45, 7) is -0.146. The molecule has 3 aromatic rings. The van der Waals surface area contributed by atoms with Gasteiger partial charge >= 0.3 is 0 Å². The summed E-state index contributed by atoms with van der Waals surface area (Å²) in [7, 11) is 5.05. The molecule has 5 rings (SSSR count). The van der Waals surface area contributed by atoms with Gasteiger partial charge < -0.3 is 25.0 Å². The number of aryl methyl sites for hydroxylation is 2. The summed E-state index contributed by atoms with van der Waals surface area (Å²) in [5.74, 6) is -0.279. The van der Waals surface area contributed by atoms with E-state index < -0.39 is 11.4 Å². The van der Waals surface area contributed by atoms with E-state index >= 15 is 0 Å². The van der Waals surface area contributed by atoms with Crippen molar-refractivity contribution < 1.29 is 23.8 Å². The van der Waals surface area contributed by atoms with Crippen LogP contribution >= 0.6 is 11.6 Å². The molecule has 10 nitrogen and oxygen atoms in total. The number of nitrogens with zero attached hydrogens (tertiary/aromatic N) is 4. The Hall–Kier alpha value is -3.44. The van der Waals surface area contributed by atoms with Crippen molar-refractivity contribution in [1.29, 1.82) is 0 Å². The summed E-state index contributed by atoms with van der Waals surface area (Å²) in [4.78, 5) is 29.2. The summed E-state index contributed by atoms with van der Waals surface area (Å²) >= 11 is 5.86. The summed E-state index contributed by atoms with van der Waals surface area (Å²) in [5.41, 5.74) is 1.18. The standard InChI is InChI=1S/C26H30ClFN6O4/c1-29-21(35)12-38-22-9-20(34(3)32-22)26(37)10-15-6-14(7-16(15)11-26)23-24(33(2)13-30-23)25(36)31-17-4-5-19(28)18(27)8-17/h4-5,8-9,13-16,37H,6-7,10-12H2,1-3H3,(H,29,35)(H,31,36). The Kier molecular flexibility index (Phi) is 6.91. The van der Waals surface area contributed by atoms with Gasteiger partial charge in [-0.05, 0) is 55.7 Å². The van der Waals surface area contributed by atoms with E-state index in [0.717, 1.165) is 18.5 Å². The quantitative estimate of drug-likeness (QED) is 0.420. The topological polar surface area (TPSA) is 123 Å². The molecule has 0 saturated heterocycles. The van der Waals surface area contributed by atoms with E-state index in [0.29, 0.717) is 35.8 Å². The average Bonchev–Trinajstić information content (AvgIpc) is 3.61. The fourth-order valence-electron chi connectivity index (χ4n) is 6.04. The van der Waals surface area contributed by atoms with Gasteiger partial charge in [-0.15, -0.1) is 5.10 Å². The molecule has 3 N–H and O–H groups in total. The zero-order valence-corrected chi connectivity index (χ0v) is 22.1. The molecule has 2 saturated carbocycles. The molecule has 12 heteroatoms. The van der Waals surface area contributed by atoms with E-state index in [4.69, 9.17) is 16.3 Å². The van der Waals surface area contributed by atoms with E-state index in [2.05, 4.69) is 20.7 Å². The highest BCUT2D eigenvalue weighted by Gasteiger charge is 2.51. The number of aromatic nitrogens is 4. The maximum atomic E-state index is 13.5. The van der Waals surface area contributed by atoms with Gasteiger partial charge in [-0.2, -0.15) is 0 Å². The van der Waals surface area contributed by atoms with Crippen LogP contribution in [-0.2, 0) is 24.5 Å². The Balaban J connectivity index is 1.28. The fraction of sp³-hybridized carbons (Fsp3) is 0.462. The molecule has 38 heavy (non-hydrogen) atoms. The van der Waals surface area contributed by atoms with Crippen molar-refractivity contribution >= 4 is 29.1 Å². The van der Waals surface area contributed by atoms with E-state index in [-0.39, 0.29) is 41.2 Å². The lowest BCUT2D eigenvalue weighted by atomic mass is 9.90. The number of anilines is 1. The number of aliphatic hydroxyl groups is 1. The van der Waals surface area contributed by atoms with Crippen molar-refractivity contribution in [2.45, 2.75) is 37.2 Å². The van der Waals surface area contributed by atoms with Crippen molar-refractivity contribution in [2.75, 3.05) is 19.0 Å². The molecule has 1 aromatic carbocycles. The first kappa shape index (κ1) is 26.2. The first-order chi connectivity index (χ1) is 18.1. The van der Waals surface area contributed by atoms with Crippen molar-refractivity contribution in [1.82, 2.24) is 24.6 Å². The van der Waals surface area contributed by atoms with Crippen LogP contribution in [0.1, 0.15) is 53.5 Å². The molecule has 2 heterocycles. The van der Waals surface area contributed by atoms with Gasteiger partial charge in [0.25, 0.3) is 11.8 Å². The zero-order valence-electron chi connectivity index (χ0n) is 21.4. The number of carbonyl (C=O) groups excluding carboxylic acids is 2. The maximum absolute atomic E-state index is 13.5. The summed E-state index contributed by atoms with van der Waals surface area (Å²) < 4.78 is 22.3. The maximum Gasteiger partial charge on any atom is 0.274 e. The van der Waals surface area contributed by atoms with E-state index in [9.17, 15) is 19.1 Å². The third-order valence-electron chi connectivity index (χ3n) is 7.75. The number of carbonyl (C=O) groups is 2. The Morgan fingerprint density at radius 3 is 2.61 bits per heavy atom. The minimum atomic E-state index is -1.05. The minimum Gasteiger partial charge on any atom is -0.467 e. The molecule has 0 radical (unpaired) electrons. The van der Waals surface area contributed by atoms with Crippen molar-refractivity contribution in [3.63, 3.8) is 0 Å². The van der Waals surface area contributed by atoms with Crippen LogP contribution in [0.2, 0.25) is 5.02 Å². The molecule has 2 fully saturated rings. The fourth-order valence-corrected chi connectivity index (χ4v) is 6.22. The van der Waals surface area contributed by atoms with Crippen LogP contribution in [0, 0.1) is 17.7 Å². The minimum absolute atomic E-state index is 0.0669. The number of ether oxygens (including phenoxy) is 1. The van der Waals surface area contributed by atoms with E-state index in [1.165, 1.54) is 25.2 Å². The summed E-state index contributed by atoms with van der Waals surface area (Å²) in [6, 6.07) is 5.74. The molecular weight excluding hydrogens is 515 g/mol. The van der Waals surface area contributed by atoms with Crippen LogP contribution in [-0.4, -0.2) is 49.9 Å². The van der Waals surface area contributed by atoms with Crippen molar-refractivity contribution in [2.24, 2.45) is 25.9 Å². The number of nitrogens with one attached hydrogen (secondary N) is 2. The molecule has 2 unspecified atom stereocenters. The van der Waals surface area contributed by atoms with Gasteiger partial charge in [0, 0.05) is 38.8 Å². The predicted octanol–water partition coefficient (Wildman–Crippen LogP) is 3.11. The summed E-state index contributed by atoms with van der Waals surface area (Å²) in [6.07, 6.45) is 4.34. The Morgan fingerprint density at radius 2 is 1.95 bits per heavy atom. The first-order valence-electron chi connectivity index (χ1n) is 12.5. The largest absolute Gasteiger partial charge is 0.467 e. The molecule has 2 aromatic heterocycles. The number of amides is 2. The number of fused-ring (bicyclic) bond motifs is 1. The number of imidazole rings is 1. The van der Waals surface area contributed by atoms with Crippen LogP contribution < -0.4 is 15.4 Å². The molecule has 0 bridgehead atoms. The third-order valence-corrected chi connectivity index (χ3v) is 8.04. The van der Waals surface area contributed by atoms with Gasteiger partial charge in [-0.1, -0.05) is 11.6 Å². The Labute approximate surface area is 224 Å². The average molecular weight is 545 g/mol. The molecule has 0 spiro atoms. The van der Waals surface area contributed by atoms with Crippen molar-refractivity contribution in [3.05, 3.63) is 58.5 Å². The second-order valence-electron chi connectivity index (χ2n) is 10.3. The molecular formula is C26H30ClFN6O4. The predicted molar refractivity (Wildman–Crippen MR) is 137 cm³/mol. The van der Waals surface area contributed by atoms with Crippen LogP contribution in [0.25, 0.3) is 0 Å². The molecule has 2 aliphatic rings. The van der Waals surface area contributed by atoms with Gasteiger partial charge in [-0.3, -0.25) is 14.3 Å². The van der Waals surface area contributed by atoms with Crippen LogP contribution in [0.4, 0.5) is 10.1 Å². The second kappa shape index (κ2) is 10.0. The van der Waals surface area contributed by atoms with Crippen LogP contribution in [0.15, 0.2) is 30.6 Å². The number of hydrogen-bond acceptors (Lipinski definition) is 6. The highest BCUT2D eigenvalue weighted by Crippen LogP contribution is 2.57. The van der Waals surface area contributed by atoms with Gasteiger partial charge in [0.15, 0.2) is 6.61 Å². The monoisotopic (exact) mass is 544 g/mol. The van der Waals surface area contributed by atoms with Gasteiger partial charge in [0.2, 0.25) is 5.88 Å². The number of hydrogen-bond donors (Lipinski definition) is 3. The lowest BCUT2D eigenvalue weighted by Gasteiger charge is -2.24. The van der Waals surface area contributed by atoms with Gasteiger partial charge in [-0.25, -0.2) is 9.37 Å². The molecule has 0 aliphatic heterocycles. The van der Waals surface area contributed by atoms with Crippen LogP contribution in [0.5, 0.6) is 5.88 Å². The van der Waals surface area contributed by atoms with Gasteiger partial charge in [0.1, 0.15) is 17.1 Å². The first-order valence-corrected chi connectivity index (χ1v) is 12.8. The number of likely N-dealkylation sites (N-methyl/N-ethyl adjacent to an activating group) is 1. The lowest BCUT2D eigenvalue weighted by molar-refractivity contribution is -0.122. The third kappa shape index (κ3) is 4.88. The SMILES string of the molecule is CNC(=O)COc1cc(C2(O)CC3CC(c4ncn(C)c4C(=O)Nc4ccc(F)c(Cl)c4)CC3C2)n(C)n1.